The average molecular weight is 271 g/mol. The molecule has 0 aromatic rings. The van der Waals surface area contributed by atoms with Crippen LogP contribution in [0.4, 0.5) is 0 Å². The van der Waals surface area contributed by atoms with Crippen LogP contribution < -0.4 is 5.73 Å². The van der Waals surface area contributed by atoms with Crippen molar-refractivity contribution in [2.45, 2.75) is 37.4 Å². The maximum absolute atomic E-state index is 9.64. The molecule has 2 rings (SSSR count). The van der Waals surface area contributed by atoms with Crippen LogP contribution >= 0.6 is 0 Å². The third-order valence-corrected chi connectivity index (χ3v) is 4.89. The third-order valence-electron chi connectivity index (χ3n) is 4.89. The largest absolute Gasteiger partial charge is 0.395 e. The highest BCUT2D eigenvalue weighted by Gasteiger charge is 2.37. The van der Waals surface area contributed by atoms with Gasteiger partial charge in [0, 0.05) is 32.3 Å². The SMILES string of the molecule is COCC(N)C(CO)N1CCC2C(CCCN2C)C1. The van der Waals surface area contributed by atoms with E-state index in [1.807, 2.05) is 0 Å². The number of ether oxygens (including phenoxy) is 1. The summed E-state index contributed by atoms with van der Waals surface area (Å²) in [6, 6.07) is 0.656. The van der Waals surface area contributed by atoms with Crippen molar-refractivity contribution in [3.63, 3.8) is 0 Å². The van der Waals surface area contributed by atoms with Gasteiger partial charge in [-0.1, -0.05) is 0 Å². The van der Waals surface area contributed by atoms with E-state index in [2.05, 4.69) is 16.8 Å². The molecule has 3 N–H and O–H groups in total. The second-order valence-electron chi connectivity index (χ2n) is 6.10. The molecule has 0 spiro atoms. The summed E-state index contributed by atoms with van der Waals surface area (Å²) in [6.07, 6.45) is 3.79. The zero-order chi connectivity index (χ0) is 13.8. The predicted molar refractivity (Wildman–Crippen MR) is 76.1 cm³/mol. The van der Waals surface area contributed by atoms with Gasteiger partial charge in [-0.15, -0.1) is 0 Å². The number of aliphatic hydroxyl groups excluding tert-OH is 1. The minimum absolute atomic E-state index is 0.0353. The van der Waals surface area contributed by atoms with Gasteiger partial charge in [0.15, 0.2) is 0 Å². The lowest BCUT2D eigenvalue weighted by Gasteiger charge is -2.48. The summed E-state index contributed by atoms with van der Waals surface area (Å²) in [6.45, 7) is 3.97. The number of nitrogens with zero attached hydrogens (tertiary/aromatic N) is 2. The van der Waals surface area contributed by atoms with Crippen LogP contribution in [0.15, 0.2) is 0 Å². The zero-order valence-electron chi connectivity index (χ0n) is 12.3. The molecule has 0 saturated carbocycles. The minimum Gasteiger partial charge on any atom is -0.395 e. The van der Waals surface area contributed by atoms with Crippen LogP contribution in [0.1, 0.15) is 19.3 Å². The number of likely N-dealkylation sites (tertiary alicyclic amines) is 2. The summed E-state index contributed by atoms with van der Waals surface area (Å²) >= 11 is 0. The molecule has 112 valence electrons. The van der Waals surface area contributed by atoms with Crippen molar-refractivity contribution in [1.82, 2.24) is 9.80 Å². The molecule has 5 nitrogen and oxygen atoms in total. The van der Waals surface area contributed by atoms with E-state index in [0.29, 0.717) is 6.61 Å². The van der Waals surface area contributed by atoms with Crippen molar-refractivity contribution in [2.75, 3.05) is 47.0 Å². The standard InChI is InChI=1S/C14H29N3O2/c1-16-6-3-4-11-8-17(7-5-13(11)16)14(9-18)12(15)10-19-2/h11-14,18H,3-10,15H2,1-2H3. The van der Waals surface area contributed by atoms with Crippen LogP contribution in [-0.4, -0.2) is 80.0 Å². The quantitative estimate of drug-likeness (QED) is 0.721. The molecule has 2 fully saturated rings. The Morgan fingerprint density at radius 3 is 2.84 bits per heavy atom. The molecule has 0 amide bonds. The van der Waals surface area contributed by atoms with Crippen LogP contribution in [0.5, 0.6) is 0 Å². The lowest BCUT2D eigenvalue weighted by atomic mass is 9.83. The Morgan fingerprint density at radius 2 is 2.16 bits per heavy atom. The molecule has 2 aliphatic heterocycles. The summed E-state index contributed by atoms with van der Waals surface area (Å²) in [5.41, 5.74) is 6.13. The van der Waals surface area contributed by atoms with Crippen LogP contribution in [-0.2, 0) is 4.74 Å². The van der Waals surface area contributed by atoms with Crippen molar-refractivity contribution in [3.8, 4) is 0 Å². The normalized spacial score (nSPS) is 32.8. The fourth-order valence-corrected chi connectivity index (χ4v) is 3.81. The Hall–Kier alpha value is -0.200. The van der Waals surface area contributed by atoms with Crippen molar-refractivity contribution in [3.05, 3.63) is 0 Å². The average Bonchev–Trinajstić information content (AvgIpc) is 2.40. The molecule has 2 saturated heterocycles. The Kier molecular flexibility index (Phi) is 5.59. The highest BCUT2D eigenvalue weighted by atomic mass is 16.5. The molecule has 4 atom stereocenters. The van der Waals surface area contributed by atoms with Gasteiger partial charge in [-0.2, -0.15) is 0 Å². The first-order valence-electron chi connectivity index (χ1n) is 7.47. The van der Waals surface area contributed by atoms with E-state index in [1.54, 1.807) is 7.11 Å². The Bertz CT molecular complexity index is 277. The lowest BCUT2D eigenvalue weighted by Crippen LogP contribution is -2.59. The number of rotatable bonds is 5. The van der Waals surface area contributed by atoms with Gasteiger partial charge in [0.25, 0.3) is 0 Å². The highest BCUT2D eigenvalue weighted by molar-refractivity contribution is 4.93. The van der Waals surface area contributed by atoms with E-state index in [4.69, 9.17) is 10.5 Å². The number of piperidine rings is 2. The molecule has 5 heteroatoms. The van der Waals surface area contributed by atoms with E-state index in [1.165, 1.54) is 25.8 Å². The Morgan fingerprint density at radius 1 is 1.37 bits per heavy atom. The molecule has 4 unspecified atom stereocenters. The van der Waals surface area contributed by atoms with Gasteiger partial charge in [0.2, 0.25) is 0 Å². The van der Waals surface area contributed by atoms with Gasteiger partial charge in [0.05, 0.1) is 19.3 Å². The number of hydrogen-bond donors (Lipinski definition) is 2. The molecule has 0 aliphatic carbocycles. The fraction of sp³-hybridized carbons (Fsp3) is 1.00. The highest BCUT2D eigenvalue weighted by Crippen LogP contribution is 2.30. The van der Waals surface area contributed by atoms with Crippen molar-refractivity contribution in [2.24, 2.45) is 11.7 Å². The van der Waals surface area contributed by atoms with Gasteiger partial charge in [-0.05, 0) is 38.8 Å². The first-order valence-corrected chi connectivity index (χ1v) is 7.47. The van der Waals surface area contributed by atoms with E-state index in [9.17, 15) is 5.11 Å². The third kappa shape index (κ3) is 3.47. The summed E-state index contributed by atoms with van der Waals surface area (Å²) < 4.78 is 5.13. The van der Waals surface area contributed by atoms with Crippen molar-refractivity contribution in [1.29, 1.82) is 0 Å². The summed E-state index contributed by atoms with van der Waals surface area (Å²) in [7, 11) is 3.91. The molecular formula is C14H29N3O2. The van der Waals surface area contributed by atoms with Crippen LogP contribution in [0.3, 0.4) is 0 Å². The molecule has 2 heterocycles. The zero-order valence-corrected chi connectivity index (χ0v) is 12.3. The van der Waals surface area contributed by atoms with Crippen molar-refractivity contribution < 1.29 is 9.84 Å². The summed E-state index contributed by atoms with van der Waals surface area (Å²) in [5.74, 6) is 0.733. The molecule has 2 aliphatic rings. The number of fused-ring (bicyclic) bond motifs is 1. The molecule has 0 bridgehead atoms. The van der Waals surface area contributed by atoms with Crippen LogP contribution in [0.25, 0.3) is 0 Å². The summed E-state index contributed by atoms with van der Waals surface area (Å²) in [4.78, 5) is 4.89. The van der Waals surface area contributed by atoms with Crippen molar-refractivity contribution >= 4 is 0 Å². The maximum Gasteiger partial charge on any atom is 0.0629 e. The Labute approximate surface area is 116 Å². The smallest absolute Gasteiger partial charge is 0.0629 e. The molecule has 0 aromatic carbocycles. The van der Waals surface area contributed by atoms with Gasteiger partial charge in [0.1, 0.15) is 0 Å². The lowest BCUT2D eigenvalue weighted by molar-refractivity contribution is -0.00653. The van der Waals surface area contributed by atoms with E-state index < -0.39 is 0 Å². The maximum atomic E-state index is 9.64. The molecule has 0 radical (unpaired) electrons. The number of aliphatic hydroxyl groups is 1. The monoisotopic (exact) mass is 271 g/mol. The minimum atomic E-state index is -0.104. The number of nitrogens with two attached hydrogens (primary N) is 1. The van der Waals surface area contributed by atoms with Gasteiger partial charge in [-0.3, -0.25) is 4.90 Å². The number of hydrogen-bond acceptors (Lipinski definition) is 5. The van der Waals surface area contributed by atoms with Gasteiger partial charge >= 0.3 is 0 Å². The topological polar surface area (TPSA) is 62.0 Å². The second-order valence-corrected chi connectivity index (χ2v) is 6.10. The molecule has 19 heavy (non-hydrogen) atoms. The number of methoxy groups -OCH3 is 1. The Balaban J connectivity index is 1.94. The summed E-state index contributed by atoms with van der Waals surface area (Å²) in [5, 5.41) is 9.64. The molecular weight excluding hydrogens is 242 g/mol. The van der Waals surface area contributed by atoms with Crippen LogP contribution in [0, 0.1) is 5.92 Å². The fourth-order valence-electron chi connectivity index (χ4n) is 3.81. The molecule has 0 aromatic heterocycles. The first kappa shape index (κ1) is 15.2. The van der Waals surface area contributed by atoms with Gasteiger partial charge in [-0.25, -0.2) is 0 Å². The van der Waals surface area contributed by atoms with Gasteiger partial charge < -0.3 is 20.5 Å². The van der Waals surface area contributed by atoms with E-state index >= 15 is 0 Å². The first-order chi connectivity index (χ1) is 9.17. The van der Waals surface area contributed by atoms with E-state index in [-0.39, 0.29) is 18.7 Å². The predicted octanol–water partition coefficient (Wildman–Crippen LogP) is -0.263. The second kappa shape index (κ2) is 6.99. The van der Waals surface area contributed by atoms with Crippen LogP contribution in [0.2, 0.25) is 0 Å². The van der Waals surface area contributed by atoms with E-state index in [0.717, 1.165) is 25.0 Å².